The minimum Gasteiger partial charge on any atom is -0.477 e. The van der Waals surface area contributed by atoms with Crippen molar-refractivity contribution in [3.05, 3.63) is 89.9 Å². The summed E-state index contributed by atoms with van der Waals surface area (Å²) in [5, 5.41) is 9.82. The van der Waals surface area contributed by atoms with E-state index in [0.717, 1.165) is 22.6 Å². The molecule has 0 aliphatic rings. The Labute approximate surface area is 219 Å². The topological polar surface area (TPSA) is 85.5 Å². The Morgan fingerprint density at radius 3 is 2.33 bits per heavy atom. The third-order valence-corrected chi connectivity index (χ3v) is 5.90. The largest absolute Gasteiger partial charge is 0.477 e. The standard InChI is InChI=1S/C27H22F4N6O2/c1-3-39-25-16(2)22(37(35-25)19-8-5-4-6-9-19)33-26(38)34-24-21(17-11-13-18(28)14-12-17)32-23-20(27(29,30)31)10-7-15-36(23)24/h4-15H,3H2,1-2H3,(H2,33,34,38). The van der Waals surface area contributed by atoms with Crippen LogP contribution in [0, 0.1) is 12.7 Å². The number of aromatic nitrogens is 4. The van der Waals surface area contributed by atoms with Crippen LogP contribution in [-0.2, 0) is 6.18 Å². The molecule has 39 heavy (non-hydrogen) atoms. The first kappa shape index (κ1) is 25.8. The second-order valence-electron chi connectivity index (χ2n) is 8.47. The number of anilines is 2. The van der Waals surface area contributed by atoms with E-state index in [9.17, 15) is 22.4 Å². The highest BCUT2D eigenvalue weighted by molar-refractivity contribution is 6.02. The molecule has 0 aliphatic carbocycles. The van der Waals surface area contributed by atoms with E-state index < -0.39 is 29.2 Å². The summed E-state index contributed by atoms with van der Waals surface area (Å²) in [6, 6.07) is 15.4. The van der Waals surface area contributed by atoms with Crippen LogP contribution in [-0.4, -0.2) is 31.8 Å². The third kappa shape index (κ3) is 5.00. The van der Waals surface area contributed by atoms with Crippen LogP contribution in [0.1, 0.15) is 18.1 Å². The quantitative estimate of drug-likeness (QED) is 0.236. The van der Waals surface area contributed by atoms with Gasteiger partial charge in [-0.05, 0) is 62.4 Å². The van der Waals surface area contributed by atoms with E-state index in [4.69, 9.17) is 4.74 Å². The van der Waals surface area contributed by atoms with Crippen LogP contribution in [0.15, 0.2) is 72.9 Å². The number of amides is 2. The molecule has 0 saturated carbocycles. The van der Waals surface area contributed by atoms with Crippen molar-refractivity contribution in [2.24, 2.45) is 0 Å². The lowest BCUT2D eigenvalue weighted by molar-refractivity contribution is -0.136. The van der Waals surface area contributed by atoms with Crippen molar-refractivity contribution in [2.45, 2.75) is 20.0 Å². The van der Waals surface area contributed by atoms with Gasteiger partial charge in [0.2, 0.25) is 5.88 Å². The van der Waals surface area contributed by atoms with Gasteiger partial charge in [-0.1, -0.05) is 18.2 Å². The number of hydrogen-bond donors (Lipinski definition) is 2. The number of hydrogen-bond acceptors (Lipinski definition) is 4. The molecule has 12 heteroatoms. The van der Waals surface area contributed by atoms with Crippen LogP contribution in [0.4, 0.5) is 34.0 Å². The van der Waals surface area contributed by atoms with Crippen LogP contribution >= 0.6 is 0 Å². The molecule has 0 aliphatic heterocycles. The predicted molar refractivity (Wildman–Crippen MR) is 138 cm³/mol. The van der Waals surface area contributed by atoms with E-state index in [1.807, 2.05) is 18.2 Å². The molecule has 200 valence electrons. The Bertz CT molecular complexity index is 1640. The smallest absolute Gasteiger partial charge is 0.419 e. The van der Waals surface area contributed by atoms with E-state index >= 15 is 0 Å². The van der Waals surface area contributed by atoms with Crippen molar-refractivity contribution in [1.82, 2.24) is 19.2 Å². The fourth-order valence-electron chi connectivity index (χ4n) is 4.12. The first-order valence-electron chi connectivity index (χ1n) is 11.9. The predicted octanol–water partition coefficient (Wildman–Crippen LogP) is 6.70. The third-order valence-electron chi connectivity index (χ3n) is 5.90. The van der Waals surface area contributed by atoms with Gasteiger partial charge in [-0.2, -0.15) is 13.2 Å². The molecule has 0 spiro atoms. The second kappa shape index (κ2) is 10.1. The summed E-state index contributed by atoms with van der Waals surface area (Å²) in [5.41, 5.74) is 0.147. The molecule has 8 nitrogen and oxygen atoms in total. The number of urea groups is 1. The number of para-hydroxylation sites is 1. The zero-order chi connectivity index (χ0) is 27.7. The Morgan fingerprint density at radius 1 is 0.974 bits per heavy atom. The molecule has 2 aromatic carbocycles. The Morgan fingerprint density at radius 2 is 1.67 bits per heavy atom. The molecule has 0 fully saturated rings. The summed E-state index contributed by atoms with van der Waals surface area (Å²) in [7, 11) is 0. The molecule has 2 amide bonds. The minimum atomic E-state index is -4.69. The molecule has 5 aromatic rings. The van der Waals surface area contributed by atoms with Crippen LogP contribution in [0.25, 0.3) is 22.6 Å². The molecular weight excluding hydrogens is 516 g/mol. The van der Waals surface area contributed by atoms with Crippen molar-refractivity contribution in [3.8, 4) is 22.8 Å². The average Bonchev–Trinajstić information content (AvgIpc) is 3.42. The monoisotopic (exact) mass is 538 g/mol. The van der Waals surface area contributed by atoms with Crippen LogP contribution in [0.5, 0.6) is 5.88 Å². The van der Waals surface area contributed by atoms with Gasteiger partial charge in [-0.3, -0.25) is 15.0 Å². The highest BCUT2D eigenvalue weighted by Crippen LogP contribution is 2.37. The summed E-state index contributed by atoms with van der Waals surface area (Å²) in [5.74, 6) is 0.0535. The maximum Gasteiger partial charge on any atom is 0.419 e. The normalized spacial score (nSPS) is 11.5. The van der Waals surface area contributed by atoms with Gasteiger partial charge in [-0.25, -0.2) is 18.9 Å². The zero-order valence-corrected chi connectivity index (χ0v) is 20.8. The number of imidazole rings is 1. The highest BCUT2D eigenvalue weighted by Gasteiger charge is 2.35. The molecule has 5 rings (SSSR count). The summed E-state index contributed by atoms with van der Waals surface area (Å²) < 4.78 is 63.1. The number of halogens is 4. The van der Waals surface area contributed by atoms with Crippen LogP contribution in [0.3, 0.4) is 0 Å². The van der Waals surface area contributed by atoms with Gasteiger partial charge in [0.25, 0.3) is 0 Å². The van der Waals surface area contributed by atoms with Gasteiger partial charge in [0.05, 0.1) is 23.4 Å². The molecule has 0 unspecified atom stereocenters. The maximum atomic E-state index is 13.8. The number of nitrogens with zero attached hydrogens (tertiary/aromatic N) is 4. The second-order valence-corrected chi connectivity index (χ2v) is 8.47. The molecule has 3 aromatic heterocycles. The lowest BCUT2D eigenvalue weighted by Gasteiger charge is -2.12. The van der Waals surface area contributed by atoms with Gasteiger partial charge < -0.3 is 4.74 Å². The fraction of sp³-hybridized carbons (Fsp3) is 0.148. The van der Waals surface area contributed by atoms with Crippen molar-refractivity contribution in [3.63, 3.8) is 0 Å². The van der Waals surface area contributed by atoms with Crippen molar-refractivity contribution in [1.29, 1.82) is 0 Å². The zero-order valence-electron chi connectivity index (χ0n) is 20.8. The SMILES string of the molecule is CCOc1nn(-c2ccccc2)c(NC(=O)Nc2c(-c3ccc(F)cc3)nc3c(C(F)(F)F)cccn23)c1C. The summed E-state index contributed by atoms with van der Waals surface area (Å²) in [6.45, 7) is 3.88. The van der Waals surface area contributed by atoms with E-state index in [-0.39, 0.29) is 11.5 Å². The molecule has 0 radical (unpaired) electrons. The first-order chi connectivity index (χ1) is 18.7. The average molecular weight is 539 g/mol. The number of ether oxygens (including phenoxy) is 1. The number of carbonyl (C=O) groups excluding carboxylic acids is 1. The molecule has 0 atom stereocenters. The summed E-state index contributed by atoms with van der Waals surface area (Å²) >= 11 is 0. The Hall–Kier alpha value is -4.87. The number of nitrogens with one attached hydrogen (secondary N) is 2. The van der Waals surface area contributed by atoms with Gasteiger partial charge in [0.15, 0.2) is 5.65 Å². The number of carbonyl (C=O) groups is 1. The van der Waals surface area contributed by atoms with E-state index in [0.29, 0.717) is 35.1 Å². The molecule has 3 heterocycles. The molecular formula is C27H22F4N6O2. The number of pyridine rings is 1. The maximum absolute atomic E-state index is 13.8. The molecule has 0 bridgehead atoms. The Balaban J connectivity index is 1.58. The van der Waals surface area contributed by atoms with E-state index in [2.05, 4.69) is 20.7 Å². The highest BCUT2D eigenvalue weighted by atomic mass is 19.4. The lowest BCUT2D eigenvalue weighted by atomic mass is 10.1. The first-order valence-corrected chi connectivity index (χ1v) is 11.9. The van der Waals surface area contributed by atoms with Gasteiger partial charge in [0.1, 0.15) is 23.1 Å². The fourth-order valence-corrected chi connectivity index (χ4v) is 4.12. The Kier molecular flexibility index (Phi) is 6.69. The van der Waals surface area contributed by atoms with Gasteiger partial charge >= 0.3 is 12.2 Å². The summed E-state index contributed by atoms with van der Waals surface area (Å²) in [6.07, 6.45) is -3.34. The van der Waals surface area contributed by atoms with Crippen molar-refractivity contribution >= 4 is 23.3 Å². The van der Waals surface area contributed by atoms with Crippen molar-refractivity contribution < 1.29 is 27.1 Å². The van der Waals surface area contributed by atoms with Gasteiger partial charge in [0, 0.05) is 11.8 Å². The molecule has 2 N–H and O–H groups in total. The van der Waals surface area contributed by atoms with Crippen LogP contribution in [0.2, 0.25) is 0 Å². The number of rotatable bonds is 6. The number of fused-ring (bicyclic) bond motifs is 1. The number of alkyl halides is 3. The molecule has 0 saturated heterocycles. The minimum absolute atomic E-state index is 0.0325. The van der Waals surface area contributed by atoms with Gasteiger partial charge in [-0.15, -0.1) is 5.10 Å². The van der Waals surface area contributed by atoms with Crippen LogP contribution < -0.4 is 15.4 Å². The van der Waals surface area contributed by atoms with E-state index in [1.54, 1.807) is 26.0 Å². The summed E-state index contributed by atoms with van der Waals surface area (Å²) in [4.78, 5) is 17.5. The van der Waals surface area contributed by atoms with E-state index in [1.165, 1.54) is 29.1 Å². The lowest BCUT2D eigenvalue weighted by Crippen LogP contribution is -2.23. The number of benzene rings is 2. The van der Waals surface area contributed by atoms with Crippen molar-refractivity contribution in [2.75, 3.05) is 17.2 Å².